The van der Waals surface area contributed by atoms with E-state index in [2.05, 4.69) is 32.1 Å². The molecule has 3 rings (SSSR count). The second-order valence-electron chi connectivity index (χ2n) is 6.72. The molecule has 30 heavy (non-hydrogen) atoms. The first kappa shape index (κ1) is 22.0. The van der Waals surface area contributed by atoms with Gasteiger partial charge in [0, 0.05) is 23.6 Å². The molecule has 0 saturated carbocycles. The number of aryl methyl sites for hydroxylation is 3. The number of rotatable bonds is 9. The first-order valence-electron chi connectivity index (χ1n) is 9.42. The third kappa shape index (κ3) is 6.17. The van der Waals surface area contributed by atoms with Gasteiger partial charge >= 0.3 is 0 Å². The van der Waals surface area contributed by atoms with E-state index in [-0.39, 0.29) is 11.7 Å². The molecule has 1 amide bonds. The number of nitrogens with zero attached hydrogens (tertiary/aromatic N) is 5. The van der Waals surface area contributed by atoms with E-state index in [1.165, 1.54) is 23.5 Å². The van der Waals surface area contributed by atoms with Gasteiger partial charge in [-0.1, -0.05) is 47.3 Å². The van der Waals surface area contributed by atoms with Gasteiger partial charge in [0.1, 0.15) is 5.82 Å². The molecule has 0 fully saturated rings. The van der Waals surface area contributed by atoms with E-state index in [9.17, 15) is 4.79 Å². The predicted octanol–water partition coefficient (Wildman–Crippen LogP) is 4.20. The Bertz CT molecular complexity index is 1010. The van der Waals surface area contributed by atoms with Crippen LogP contribution in [0.5, 0.6) is 0 Å². The molecular weight excluding hydrogens is 416 g/mol. The Balaban J connectivity index is 1.62. The van der Waals surface area contributed by atoms with Gasteiger partial charge in [0.25, 0.3) is 0 Å². The summed E-state index contributed by atoms with van der Waals surface area (Å²) >= 11 is 2.87. The van der Waals surface area contributed by atoms with Crippen LogP contribution in [0.15, 0.2) is 53.3 Å². The highest BCUT2D eigenvalue weighted by molar-refractivity contribution is 7.99. The van der Waals surface area contributed by atoms with E-state index in [4.69, 9.17) is 0 Å². The smallest absolute Gasteiger partial charge is 0.234 e. The maximum Gasteiger partial charge on any atom is 0.234 e. The van der Waals surface area contributed by atoms with Gasteiger partial charge < -0.3 is 9.88 Å². The Morgan fingerprint density at radius 1 is 1.10 bits per heavy atom. The van der Waals surface area contributed by atoms with Crippen LogP contribution in [0.2, 0.25) is 0 Å². The molecule has 0 radical (unpaired) electrons. The Hall–Kier alpha value is -2.65. The number of aromatic nitrogens is 5. The summed E-state index contributed by atoms with van der Waals surface area (Å²) in [6, 6.07) is 9.66. The average molecular weight is 441 g/mol. The first-order chi connectivity index (χ1) is 14.4. The molecule has 7 nitrogen and oxygen atoms in total. The van der Waals surface area contributed by atoms with Crippen molar-refractivity contribution in [1.82, 2.24) is 24.7 Å². The fraction of sp³-hybridized carbons (Fsp3) is 0.286. The van der Waals surface area contributed by atoms with Crippen molar-refractivity contribution in [2.24, 2.45) is 0 Å². The first-order valence-corrected chi connectivity index (χ1v) is 11.4. The highest BCUT2D eigenvalue weighted by atomic mass is 32.2. The lowest BCUT2D eigenvalue weighted by atomic mass is 10.2. The average Bonchev–Trinajstić information content (AvgIpc) is 3.08. The van der Waals surface area contributed by atoms with Gasteiger partial charge in [0.05, 0.1) is 11.5 Å². The number of benzene rings is 1. The highest BCUT2D eigenvalue weighted by Gasteiger charge is 2.15. The zero-order valence-corrected chi connectivity index (χ0v) is 18.9. The van der Waals surface area contributed by atoms with Gasteiger partial charge in [-0.3, -0.25) is 4.79 Å². The Labute approximate surface area is 184 Å². The Kier molecular flexibility index (Phi) is 7.64. The summed E-state index contributed by atoms with van der Waals surface area (Å²) in [5.41, 5.74) is 3.81. The monoisotopic (exact) mass is 440 g/mol. The fourth-order valence-corrected chi connectivity index (χ4v) is 4.35. The van der Waals surface area contributed by atoms with Gasteiger partial charge in [-0.05, 0) is 39.0 Å². The second-order valence-corrected chi connectivity index (χ2v) is 8.61. The van der Waals surface area contributed by atoms with Gasteiger partial charge in [-0.2, -0.15) is 0 Å². The van der Waals surface area contributed by atoms with Crippen LogP contribution in [-0.2, 0) is 17.1 Å². The molecule has 0 spiro atoms. The van der Waals surface area contributed by atoms with Crippen molar-refractivity contribution in [1.29, 1.82) is 0 Å². The molecule has 2 heterocycles. The van der Waals surface area contributed by atoms with Crippen molar-refractivity contribution in [2.45, 2.75) is 43.4 Å². The SMILES string of the molecule is C=CCn1c(CSc2nc(C)cc(C)n2)nnc1SCC(=O)Nc1ccc(C)cc1. The van der Waals surface area contributed by atoms with Gasteiger partial charge in [-0.25, -0.2) is 9.97 Å². The zero-order valence-electron chi connectivity index (χ0n) is 17.3. The molecule has 0 aliphatic carbocycles. The fourth-order valence-electron chi connectivity index (χ4n) is 2.70. The maximum atomic E-state index is 12.3. The number of thioether (sulfide) groups is 2. The number of amides is 1. The van der Waals surface area contributed by atoms with Crippen molar-refractivity contribution in [3.05, 3.63) is 65.8 Å². The van der Waals surface area contributed by atoms with E-state index in [0.29, 0.717) is 22.6 Å². The number of hydrogen-bond acceptors (Lipinski definition) is 7. The molecule has 0 bridgehead atoms. The molecule has 0 atom stereocenters. The topological polar surface area (TPSA) is 85.6 Å². The molecule has 0 unspecified atom stereocenters. The summed E-state index contributed by atoms with van der Waals surface area (Å²) < 4.78 is 1.96. The number of anilines is 1. The molecule has 0 aliphatic heterocycles. The largest absolute Gasteiger partial charge is 0.325 e. The summed E-state index contributed by atoms with van der Waals surface area (Å²) in [4.78, 5) is 21.2. The Morgan fingerprint density at radius 2 is 1.80 bits per heavy atom. The van der Waals surface area contributed by atoms with Crippen molar-refractivity contribution in [2.75, 3.05) is 11.1 Å². The van der Waals surface area contributed by atoms with Gasteiger partial charge in [-0.15, -0.1) is 16.8 Å². The standard InChI is InChI=1S/C21H24N6OS2/c1-5-10-27-18(12-29-20-22-15(3)11-16(4)23-20)25-26-21(27)30-13-19(28)24-17-8-6-14(2)7-9-17/h5-9,11H,1,10,12-13H2,2-4H3,(H,24,28). The minimum atomic E-state index is -0.0865. The van der Waals surface area contributed by atoms with E-state index in [1.807, 2.05) is 55.7 Å². The molecule has 2 aromatic heterocycles. The predicted molar refractivity (Wildman–Crippen MR) is 122 cm³/mol. The highest BCUT2D eigenvalue weighted by Crippen LogP contribution is 2.23. The van der Waals surface area contributed by atoms with Gasteiger partial charge in [0.2, 0.25) is 5.91 Å². The number of carbonyl (C=O) groups is 1. The third-order valence-electron chi connectivity index (χ3n) is 4.06. The van der Waals surface area contributed by atoms with Crippen LogP contribution in [0.25, 0.3) is 0 Å². The molecular formula is C21H24N6OS2. The van der Waals surface area contributed by atoms with E-state index >= 15 is 0 Å². The van der Waals surface area contributed by atoms with E-state index < -0.39 is 0 Å². The van der Waals surface area contributed by atoms with E-state index in [1.54, 1.807) is 6.08 Å². The summed E-state index contributed by atoms with van der Waals surface area (Å²) in [7, 11) is 0. The van der Waals surface area contributed by atoms with Crippen molar-refractivity contribution in [3.63, 3.8) is 0 Å². The van der Waals surface area contributed by atoms with Crippen LogP contribution in [0.3, 0.4) is 0 Å². The minimum absolute atomic E-state index is 0.0865. The summed E-state index contributed by atoms with van der Waals surface area (Å²) in [6.45, 7) is 10.3. The number of carbonyl (C=O) groups excluding carboxylic acids is 1. The lowest BCUT2D eigenvalue weighted by molar-refractivity contribution is -0.113. The zero-order chi connectivity index (χ0) is 21.5. The summed E-state index contributed by atoms with van der Waals surface area (Å²) in [5, 5.41) is 12.9. The molecule has 3 aromatic rings. The van der Waals surface area contributed by atoms with Crippen LogP contribution in [0.4, 0.5) is 5.69 Å². The summed E-state index contributed by atoms with van der Waals surface area (Å²) in [5.74, 6) is 1.54. The number of allylic oxidation sites excluding steroid dienone is 1. The second kappa shape index (κ2) is 10.4. The van der Waals surface area contributed by atoms with Crippen LogP contribution >= 0.6 is 23.5 Å². The number of nitrogens with one attached hydrogen (secondary N) is 1. The molecule has 156 valence electrons. The Morgan fingerprint density at radius 3 is 2.47 bits per heavy atom. The van der Waals surface area contributed by atoms with Crippen LogP contribution in [0.1, 0.15) is 22.8 Å². The molecule has 1 aromatic carbocycles. The molecule has 0 aliphatic rings. The normalized spacial score (nSPS) is 10.8. The maximum absolute atomic E-state index is 12.3. The lowest BCUT2D eigenvalue weighted by Crippen LogP contribution is -2.14. The third-order valence-corrected chi connectivity index (χ3v) is 5.88. The minimum Gasteiger partial charge on any atom is -0.325 e. The van der Waals surface area contributed by atoms with Crippen molar-refractivity contribution < 1.29 is 4.79 Å². The van der Waals surface area contributed by atoms with Crippen molar-refractivity contribution in [3.8, 4) is 0 Å². The van der Waals surface area contributed by atoms with Gasteiger partial charge in [0.15, 0.2) is 10.3 Å². The van der Waals surface area contributed by atoms with E-state index in [0.717, 1.165) is 28.5 Å². The van der Waals surface area contributed by atoms with Crippen LogP contribution in [-0.4, -0.2) is 36.4 Å². The summed E-state index contributed by atoms with van der Waals surface area (Å²) in [6.07, 6.45) is 1.79. The number of hydrogen-bond donors (Lipinski definition) is 1. The quantitative estimate of drug-likeness (QED) is 0.303. The lowest BCUT2D eigenvalue weighted by Gasteiger charge is -2.08. The molecule has 9 heteroatoms. The molecule has 1 N–H and O–H groups in total. The van der Waals surface area contributed by atoms with Crippen LogP contribution in [0, 0.1) is 20.8 Å². The van der Waals surface area contributed by atoms with Crippen LogP contribution < -0.4 is 5.32 Å². The molecule has 0 saturated heterocycles. The van der Waals surface area contributed by atoms with Crippen molar-refractivity contribution >= 4 is 35.1 Å².